The number of carbonyl (C=O) groups is 1. The summed E-state index contributed by atoms with van der Waals surface area (Å²) >= 11 is 7.32. The van der Waals surface area contributed by atoms with E-state index in [1.807, 2.05) is 13.0 Å². The standard InChI is InChI=1S/C24H21ClN4O5S3/c1-15-3-4-16(2)21(13-15)28-37(33,34)22-14-17(5-10-20(22)25)23(30)27-18-6-8-19(9-7-18)36(31,32)29-24-26-11-12-35-24/h3-14,28H,1-2H3,(H,26,29)(H,27,30). The van der Waals surface area contributed by atoms with Gasteiger partial charge in [0.1, 0.15) is 4.90 Å². The zero-order chi connectivity index (χ0) is 26.8. The monoisotopic (exact) mass is 576 g/mol. The van der Waals surface area contributed by atoms with Crippen molar-refractivity contribution in [1.29, 1.82) is 0 Å². The lowest BCUT2D eigenvalue weighted by Gasteiger charge is -2.13. The van der Waals surface area contributed by atoms with Crippen LogP contribution in [0.1, 0.15) is 21.5 Å². The Kier molecular flexibility index (Phi) is 7.55. The largest absolute Gasteiger partial charge is 0.322 e. The second-order valence-corrected chi connectivity index (χ2v) is 12.6. The van der Waals surface area contributed by atoms with Gasteiger partial charge >= 0.3 is 0 Å². The average Bonchev–Trinajstić information content (AvgIpc) is 3.34. The maximum Gasteiger partial charge on any atom is 0.263 e. The van der Waals surface area contributed by atoms with E-state index < -0.39 is 26.0 Å². The summed E-state index contributed by atoms with van der Waals surface area (Å²) in [5.74, 6) is -0.601. The molecule has 1 amide bonds. The Morgan fingerprint density at radius 2 is 1.62 bits per heavy atom. The first-order chi connectivity index (χ1) is 17.4. The summed E-state index contributed by atoms with van der Waals surface area (Å²) in [5, 5.41) is 4.46. The van der Waals surface area contributed by atoms with Crippen molar-refractivity contribution in [3.63, 3.8) is 0 Å². The lowest BCUT2D eigenvalue weighted by Crippen LogP contribution is -2.17. The van der Waals surface area contributed by atoms with Crippen molar-refractivity contribution in [3.05, 3.63) is 94.0 Å². The van der Waals surface area contributed by atoms with E-state index in [-0.39, 0.29) is 25.5 Å². The van der Waals surface area contributed by atoms with Gasteiger partial charge in [0.2, 0.25) is 0 Å². The molecule has 4 aromatic rings. The third-order valence-corrected chi connectivity index (χ3v) is 9.22. The molecule has 0 bridgehead atoms. The van der Waals surface area contributed by atoms with Crippen LogP contribution in [0.2, 0.25) is 5.02 Å². The van der Waals surface area contributed by atoms with Crippen LogP contribution in [-0.4, -0.2) is 27.7 Å². The number of thiazole rings is 1. The smallest absolute Gasteiger partial charge is 0.263 e. The van der Waals surface area contributed by atoms with Gasteiger partial charge in [0.05, 0.1) is 15.6 Å². The topological polar surface area (TPSA) is 134 Å². The summed E-state index contributed by atoms with van der Waals surface area (Å²) in [5.41, 5.74) is 2.37. The highest BCUT2D eigenvalue weighted by Gasteiger charge is 2.22. The molecule has 0 radical (unpaired) electrons. The SMILES string of the molecule is Cc1ccc(C)c(NS(=O)(=O)c2cc(C(=O)Nc3ccc(S(=O)(=O)Nc4nccs4)cc3)ccc2Cl)c1. The number of hydrogen-bond donors (Lipinski definition) is 3. The zero-order valence-corrected chi connectivity index (χ0v) is 22.7. The number of nitrogens with zero attached hydrogens (tertiary/aromatic N) is 1. The predicted octanol–water partition coefficient (Wildman–Crippen LogP) is 5.27. The first-order valence-corrected chi connectivity index (χ1v) is 14.9. The van der Waals surface area contributed by atoms with Gasteiger partial charge in [0.25, 0.3) is 26.0 Å². The fourth-order valence-electron chi connectivity index (χ4n) is 3.26. The number of nitrogens with one attached hydrogen (secondary N) is 3. The molecule has 0 aliphatic heterocycles. The minimum Gasteiger partial charge on any atom is -0.322 e. The van der Waals surface area contributed by atoms with E-state index in [2.05, 4.69) is 19.7 Å². The lowest BCUT2D eigenvalue weighted by molar-refractivity contribution is 0.102. The van der Waals surface area contributed by atoms with Crippen molar-refractivity contribution >= 4 is 65.4 Å². The lowest BCUT2D eigenvalue weighted by atomic mass is 10.1. The van der Waals surface area contributed by atoms with Crippen molar-refractivity contribution in [3.8, 4) is 0 Å². The van der Waals surface area contributed by atoms with Crippen LogP contribution in [0, 0.1) is 13.8 Å². The van der Waals surface area contributed by atoms with Crippen molar-refractivity contribution in [2.75, 3.05) is 14.8 Å². The Morgan fingerprint density at radius 3 is 2.30 bits per heavy atom. The van der Waals surface area contributed by atoms with Crippen LogP contribution < -0.4 is 14.8 Å². The van der Waals surface area contributed by atoms with Gasteiger partial charge in [-0.1, -0.05) is 23.7 Å². The van der Waals surface area contributed by atoms with E-state index in [1.54, 1.807) is 24.4 Å². The first kappa shape index (κ1) is 26.6. The Balaban J connectivity index is 1.52. The van der Waals surface area contributed by atoms with Gasteiger partial charge < -0.3 is 5.32 Å². The molecule has 13 heteroatoms. The van der Waals surface area contributed by atoms with E-state index >= 15 is 0 Å². The summed E-state index contributed by atoms with van der Waals surface area (Å²) in [7, 11) is -7.94. The number of halogens is 1. The quantitative estimate of drug-likeness (QED) is 0.262. The molecule has 0 spiro atoms. The molecule has 9 nitrogen and oxygen atoms in total. The van der Waals surface area contributed by atoms with Gasteiger partial charge in [0.15, 0.2) is 5.13 Å². The number of sulfonamides is 2. The Hall–Kier alpha value is -3.45. The molecule has 4 rings (SSSR count). The number of aromatic nitrogens is 1. The fraction of sp³-hybridized carbons (Fsp3) is 0.0833. The summed E-state index contributed by atoms with van der Waals surface area (Å²) < 4.78 is 56.0. The molecule has 0 unspecified atom stereocenters. The molecular weight excluding hydrogens is 556 g/mol. The summed E-state index contributed by atoms with van der Waals surface area (Å²) in [6.07, 6.45) is 1.48. The van der Waals surface area contributed by atoms with Gasteiger partial charge in [0, 0.05) is 22.8 Å². The number of aryl methyl sites for hydroxylation is 2. The van der Waals surface area contributed by atoms with Gasteiger partial charge in [-0.25, -0.2) is 21.8 Å². The predicted molar refractivity (Wildman–Crippen MR) is 145 cm³/mol. The maximum atomic E-state index is 13.1. The molecule has 0 saturated heterocycles. The molecule has 0 saturated carbocycles. The highest BCUT2D eigenvalue weighted by Crippen LogP contribution is 2.27. The van der Waals surface area contributed by atoms with Crippen molar-refractivity contribution < 1.29 is 21.6 Å². The number of anilines is 3. The Labute approximate surface area is 223 Å². The summed E-state index contributed by atoms with van der Waals surface area (Å²) in [6, 6.07) is 14.8. The van der Waals surface area contributed by atoms with Crippen LogP contribution in [0.15, 0.2) is 82.0 Å². The van der Waals surface area contributed by atoms with Crippen LogP contribution in [0.5, 0.6) is 0 Å². The van der Waals surface area contributed by atoms with Crippen molar-refractivity contribution in [2.24, 2.45) is 0 Å². The average molecular weight is 577 g/mol. The molecule has 3 aromatic carbocycles. The Bertz CT molecular complexity index is 1670. The first-order valence-electron chi connectivity index (χ1n) is 10.7. The Morgan fingerprint density at radius 1 is 0.892 bits per heavy atom. The second-order valence-electron chi connectivity index (χ2n) is 7.99. The third kappa shape index (κ3) is 6.28. The van der Waals surface area contributed by atoms with Crippen LogP contribution in [0.25, 0.3) is 0 Å². The summed E-state index contributed by atoms with van der Waals surface area (Å²) in [6.45, 7) is 3.61. The molecule has 0 fully saturated rings. The van der Waals surface area contributed by atoms with E-state index in [4.69, 9.17) is 11.6 Å². The minimum atomic E-state index is -4.10. The zero-order valence-electron chi connectivity index (χ0n) is 19.5. The van der Waals surface area contributed by atoms with Crippen LogP contribution in [-0.2, 0) is 20.0 Å². The van der Waals surface area contributed by atoms with E-state index in [9.17, 15) is 21.6 Å². The van der Waals surface area contributed by atoms with E-state index in [0.29, 0.717) is 11.4 Å². The summed E-state index contributed by atoms with van der Waals surface area (Å²) in [4.78, 5) is 16.5. The number of amides is 1. The van der Waals surface area contributed by atoms with Crippen molar-refractivity contribution in [2.45, 2.75) is 23.6 Å². The van der Waals surface area contributed by atoms with E-state index in [0.717, 1.165) is 22.5 Å². The van der Waals surface area contributed by atoms with E-state index in [1.165, 1.54) is 48.7 Å². The second kappa shape index (κ2) is 10.5. The van der Waals surface area contributed by atoms with Crippen LogP contribution in [0.4, 0.5) is 16.5 Å². The third-order valence-electron chi connectivity index (χ3n) is 5.20. The van der Waals surface area contributed by atoms with Crippen LogP contribution in [0.3, 0.4) is 0 Å². The fourth-order valence-corrected chi connectivity index (χ4v) is 6.70. The van der Waals surface area contributed by atoms with Crippen LogP contribution >= 0.6 is 22.9 Å². The normalized spacial score (nSPS) is 11.6. The molecule has 192 valence electrons. The molecule has 1 heterocycles. The molecule has 1 aromatic heterocycles. The molecule has 0 aliphatic carbocycles. The highest BCUT2D eigenvalue weighted by atomic mass is 35.5. The highest BCUT2D eigenvalue weighted by molar-refractivity contribution is 7.93. The number of rotatable bonds is 8. The van der Waals surface area contributed by atoms with Gasteiger partial charge in [-0.05, 0) is 73.5 Å². The van der Waals surface area contributed by atoms with Gasteiger partial charge in [-0.15, -0.1) is 11.3 Å². The molecule has 0 atom stereocenters. The van der Waals surface area contributed by atoms with Gasteiger partial charge in [-0.2, -0.15) is 0 Å². The molecule has 3 N–H and O–H groups in total. The molecule has 37 heavy (non-hydrogen) atoms. The van der Waals surface area contributed by atoms with Crippen molar-refractivity contribution in [1.82, 2.24) is 4.98 Å². The van der Waals surface area contributed by atoms with Gasteiger partial charge in [-0.3, -0.25) is 14.2 Å². The minimum absolute atomic E-state index is 0.0157. The number of benzene rings is 3. The number of carbonyl (C=O) groups excluding carboxylic acids is 1. The molecule has 0 aliphatic rings. The number of hydrogen-bond acceptors (Lipinski definition) is 7. The maximum absolute atomic E-state index is 13.1. The molecular formula is C24H21ClN4O5S3.